The predicted molar refractivity (Wildman–Crippen MR) is 111 cm³/mol. The number of anilines is 1. The Labute approximate surface area is 169 Å². The molecule has 0 aliphatic heterocycles. The number of esters is 2. The average molecular weight is 394 g/mol. The second-order valence-corrected chi connectivity index (χ2v) is 7.72. The first kappa shape index (κ1) is 25.6. The second-order valence-electron chi connectivity index (χ2n) is 7.72. The number of hydrogen-bond donors (Lipinski definition) is 1. The second kappa shape index (κ2) is 11.5. The molecule has 0 unspecified atom stereocenters. The van der Waals surface area contributed by atoms with Crippen molar-refractivity contribution in [1.82, 2.24) is 0 Å². The van der Waals surface area contributed by atoms with Gasteiger partial charge >= 0.3 is 11.9 Å². The van der Waals surface area contributed by atoms with Crippen molar-refractivity contribution in [2.45, 2.75) is 61.3 Å². The molecular formula is C22H35NO5. The van der Waals surface area contributed by atoms with E-state index in [4.69, 9.17) is 4.74 Å². The number of methoxy groups -OCH3 is 1. The van der Waals surface area contributed by atoms with Crippen molar-refractivity contribution in [2.24, 2.45) is 10.8 Å². The van der Waals surface area contributed by atoms with Gasteiger partial charge < -0.3 is 14.8 Å². The van der Waals surface area contributed by atoms with Gasteiger partial charge in [-0.1, -0.05) is 27.7 Å². The molecule has 0 aromatic heterocycles. The van der Waals surface area contributed by atoms with Crippen molar-refractivity contribution < 1.29 is 23.9 Å². The van der Waals surface area contributed by atoms with E-state index in [0.29, 0.717) is 17.9 Å². The van der Waals surface area contributed by atoms with E-state index in [-0.39, 0.29) is 23.3 Å². The molecule has 0 atom stereocenters. The van der Waals surface area contributed by atoms with Crippen LogP contribution in [0.4, 0.5) is 5.69 Å². The highest BCUT2D eigenvalue weighted by atomic mass is 16.5. The van der Waals surface area contributed by atoms with Crippen LogP contribution in [0.3, 0.4) is 0 Å². The molecule has 0 aliphatic carbocycles. The lowest BCUT2D eigenvalue weighted by Crippen LogP contribution is -2.29. The Morgan fingerprint density at radius 1 is 0.893 bits per heavy atom. The van der Waals surface area contributed by atoms with Crippen molar-refractivity contribution in [1.29, 1.82) is 0 Å². The van der Waals surface area contributed by atoms with Crippen molar-refractivity contribution in [3.8, 4) is 0 Å². The van der Waals surface area contributed by atoms with Crippen LogP contribution in [0.1, 0.15) is 71.7 Å². The maximum absolute atomic E-state index is 12.0. The van der Waals surface area contributed by atoms with Gasteiger partial charge in [-0.05, 0) is 57.9 Å². The summed E-state index contributed by atoms with van der Waals surface area (Å²) in [5.41, 5.74) is 0.448. The minimum absolute atomic E-state index is 0.0288. The smallest absolute Gasteiger partial charge is 0.338 e. The molecule has 0 bridgehead atoms. The summed E-state index contributed by atoms with van der Waals surface area (Å²) in [6.07, 6.45) is 1.58. The maximum Gasteiger partial charge on any atom is 0.338 e. The lowest BCUT2D eigenvalue weighted by Gasteiger charge is -2.21. The van der Waals surface area contributed by atoms with Gasteiger partial charge in [-0.15, -0.1) is 0 Å². The highest BCUT2D eigenvalue weighted by Crippen LogP contribution is 2.22. The van der Waals surface area contributed by atoms with Crippen molar-refractivity contribution in [2.75, 3.05) is 19.0 Å². The van der Waals surface area contributed by atoms with Crippen LogP contribution in [0.25, 0.3) is 0 Å². The lowest BCUT2D eigenvalue weighted by molar-refractivity contribution is -0.150. The normalized spacial score (nSPS) is 11.0. The summed E-state index contributed by atoms with van der Waals surface area (Å²) in [6, 6.07) is 6.70. The third-order valence-corrected chi connectivity index (χ3v) is 4.77. The molecule has 0 spiro atoms. The molecule has 6 nitrogen and oxygen atoms in total. The van der Waals surface area contributed by atoms with Crippen LogP contribution in [0.5, 0.6) is 0 Å². The monoisotopic (exact) mass is 393 g/mol. The third-order valence-electron chi connectivity index (χ3n) is 4.77. The van der Waals surface area contributed by atoms with Crippen molar-refractivity contribution in [3.63, 3.8) is 0 Å². The van der Waals surface area contributed by atoms with Gasteiger partial charge in [0.1, 0.15) is 0 Å². The fourth-order valence-electron chi connectivity index (χ4n) is 1.79. The quantitative estimate of drug-likeness (QED) is 0.671. The fourth-order valence-corrected chi connectivity index (χ4v) is 1.79. The first-order valence-corrected chi connectivity index (χ1v) is 9.62. The van der Waals surface area contributed by atoms with Gasteiger partial charge in [0.05, 0.1) is 24.7 Å². The number of rotatable bonds is 7. The molecule has 1 N–H and O–H groups in total. The predicted octanol–water partition coefficient (Wildman–Crippen LogP) is 4.83. The summed E-state index contributed by atoms with van der Waals surface area (Å²) >= 11 is 0. The fraction of sp³-hybridized carbons (Fsp3) is 0.591. The van der Waals surface area contributed by atoms with Gasteiger partial charge in [0.15, 0.2) is 0 Å². The number of ether oxygens (including phenoxy) is 2. The van der Waals surface area contributed by atoms with Gasteiger partial charge in [-0.2, -0.15) is 0 Å². The molecule has 0 saturated heterocycles. The SMILES string of the molecule is CCC(C)(C)C(=O)OC.CCOC(=O)c1ccc(NC(=O)C(C)(C)CC)cc1. The van der Waals surface area contributed by atoms with Crippen LogP contribution >= 0.6 is 0 Å². The first-order valence-electron chi connectivity index (χ1n) is 9.62. The van der Waals surface area contributed by atoms with Crippen LogP contribution in [0.15, 0.2) is 24.3 Å². The zero-order valence-electron chi connectivity index (χ0n) is 18.5. The van der Waals surface area contributed by atoms with Crippen molar-refractivity contribution in [3.05, 3.63) is 29.8 Å². The third kappa shape index (κ3) is 8.11. The molecular weight excluding hydrogens is 358 g/mol. The maximum atomic E-state index is 12.0. The Morgan fingerprint density at radius 3 is 1.75 bits per heavy atom. The Balaban J connectivity index is 0.000000684. The molecule has 1 aromatic rings. The van der Waals surface area contributed by atoms with Gasteiger partial charge in [-0.3, -0.25) is 9.59 Å². The Hall–Kier alpha value is -2.37. The van der Waals surface area contributed by atoms with Gasteiger partial charge in [0.25, 0.3) is 0 Å². The lowest BCUT2D eigenvalue weighted by atomic mass is 9.89. The van der Waals surface area contributed by atoms with Crippen LogP contribution in [-0.2, 0) is 19.1 Å². The summed E-state index contributed by atoms with van der Waals surface area (Å²) < 4.78 is 9.46. The summed E-state index contributed by atoms with van der Waals surface area (Å²) in [6.45, 7) is 13.6. The van der Waals surface area contributed by atoms with E-state index in [1.165, 1.54) is 7.11 Å². The Bertz CT molecular complexity index is 647. The number of nitrogens with one attached hydrogen (secondary N) is 1. The summed E-state index contributed by atoms with van der Waals surface area (Å²) in [5, 5.41) is 2.84. The molecule has 0 aliphatic rings. The number of benzene rings is 1. The minimum Gasteiger partial charge on any atom is -0.469 e. The molecule has 28 heavy (non-hydrogen) atoms. The van der Waals surface area contributed by atoms with Gasteiger partial charge in [-0.25, -0.2) is 4.79 Å². The van der Waals surface area contributed by atoms with Gasteiger partial charge in [0, 0.05) is 11.1 Å². The standard InChI is InChI=1S/C15H21NO3.C7H14O2/c1-5-15(3,4)14(18)16-12-9-7-11(8-10-12)13(17)19-6-2;1-5-7(2,3)6(8)9-4/h7-10H,5-6H2,1-4H3,(H,16,18);5H2,1-4H3. The van der Waals surface area contributed by atoms with Crippen LogP contribution < -0.4 is 5.32 Å². The van der Waals surface area contributed by atoms with Crippen LogP contribution in [-0.4, -0.2) is 31.6 Å². The van der Waals surface area contributed by atoms with Gasteiger partial charge in [0.2, 0.25) is 5.91 Å². The number of amides is 1. The molecule has 1 aromatic carbocycles. The molecule has 1 rings (SSSR count). The highest BCUT2D eigenvalue weighted by Gasteiger charge is 2.26. The largest absolute Gasteiger partial charge is 0.469 e. The number of carbonyl (C=O) groups is 3. The summed E-state index contributed by atoms with van der Waals surface area (Å²) in [5.74, 6) is -0.516. The molecule has 0 heterocycles. The molecule has 1 amide bonds. The summed E-state index contributed by atoms with van der Waals surface area (Å²) in [7, 11) is 1.42. The minimum atomic E-state index is -0.403. The highest BCUT2D eigenvalue weighted by molar-refractivity contribution is 5.95. The van der Waals surface area contributed by atoms with E-state index in [1.54, 1.807) is 31.2 Å². The molecule has 6 heteroatoms. The van der Waals surface area contributed by atoms with Crippen LogP contribution in [0, 0.1) is 10.8 Å². The summed E-state index contributed by atoms with van der Waals surface area (Å²) in [4.78, 5) is 34.3. The molecule has 0 radical (unpaired) electrons. The topological polar surface area (TPSA) is 81.7 Å². The zero-order valence-corrected chi connectivity index (χ0v) is 18.5. The van der Waals surface area contributed by atoms with Crippen molar-refractivity contribution >= 4 is 23.5 Å². The van der Waals surface area contributed by atoms with E-state index in [0.717, 1.165) is 12.8 Å². The molecule has 0 fully saturated rings. The number of carbonyl (C=O) groups excluding carboxylic acids is 3. The van der Waals surface area contributed by atoms with E-state index < -0.39 is 5.41 Å². The van der Waals surface area contributed by atoms with E-state index in [2.05, 4.69) is 10.1 Å². The Morgan fingerprint density at radius 2 is 1.39 bits per heavy atom. The zero-order chi connectivity index (χ0) is 22.0. The molecule has 158 valence electrons. The van der Waals surface area contributed by atoms with E-state index >= 15 is 0 Å². The van der Waals surface area contributed by atoms with Crippen LogP contribution in [0.2, 0.25) is 0 Å². The first-order chi connectivity index (χ1) is 12.9. The number of hydrogen-bond acceptors (Lipinski definition) is 5. The van der Waals surface area contributed by atoms with E-state index in [9.17, 15) is 14.4 Å². The Kier molecular flexibility index (Phi) is 10.5. The molecule has 0 saturated carbocycles. The van der Waals surface area contributed by atoms with E-state index in [1.807, 2.05) is 41.5 Å². The average Bonchev–Trinajstić information content (AvgIpc) is 2.68.